The molecule has 36 unspecified atom stereocenters. The van der Waals surface area contributed by atoms with E-state index in [2.05, 4.69) is 20.8 Å². The maximum absolute atomic E-state index is 12.1. The van der Waals surface area contributed by atoms with Crippen molar-refractivity contribution in [2.75, 3.05) is 39.6 Å². The second-order valence-electron chi connectivity index (χ2n) is 26.6. The zero-order valence-corrected chi connectivity index (χ0v) is 48.0. The fourth-order valence-corrected chi connectivity index (χ4v) is 16.8. The van der Waals surface area contributed by atoms with Gasteiger partial charge in [-0.15, -0.1) is 0 Å². The van der Waals surface area contributed by atoms with Crippen molar-refractivity contribution in [3.8, 4) is 0 Å². The van der Waals surface area contributed by atoms with E-state index < -0.39 is 192 Å². The molecule has 0 aromatic carbocycles. The highest BCUT2D eigenvalue weighted by atomic mass is 16.8. The summed E-state index contributed by atoms with van der Waals surface area (Å²) in [6.45, 7) is 5.31. The van der Waals surface area contributed by atoms with Gasteiger partial charge in [-0.2, -0.15) is 0 Å². The zero-order valence-electron chi connectivity index (χ0n) is 48.0. The van der Waals surface area contributed by atoms with Crippen LogP contribution in [0.5, 0.6) is 0 Å². The van der Waals surface area contributed by atoms with E-state index >= 15 is 0 Å². The summed E-state index contributed by atoms with van der Waals surface area (Å²) in [6.07, 6.45) is -33.1. The highest BCUT2D eigenvalue weighted by Gasteiger charge is 2.69. The Labute approximate surface area is 487 Å². The summed E-state index contributed by atoms with van der Waals surface area (Å²) < 4.78 is 65.9. The van der Waals surface area contributed by atoms with Gasteiger partial charge in [0.25, 0.3) is 0 Å². The van der Waals surface area contributed by atoms with Crippen molar-refractivity contribution in [2.24, 2.45) is 52.3 Å². The standard InChI is InChI=1S/C56H94O28/c1-21(19-74-49-43(70)39(66)36(63)30(15-57)77-49)7-12-56(73)22(2)34-29(84-56)14-27-25-6-5-23-13-24(8-10-54(23,3)26(25)9-11-55(27,34)4)76-51-45(72)41(68)46(33(18-60)80-51)81-53-48(83-52-44(71)40(67)37(64)31(16-58)78-52)47(38(65)32(17-59)79-53)82-50-42(69)35(62)28(61)20-75-50/h21-53,57-73H,5-20H2,1-4H3. The molecule has 28 heteroatoms. The lowest BCUT2D eigenvalue weighted by Gasteiger charge is -2.61. The van der Waals surface area contributed by atoms with E-state index in [1.54, 1.807) is 0 Å². The van der Waals surface area contributed by atoms with E-state index in [9.17, 15) is 86.8 Å². The van der Waals surface area contributed by atoms with E-state index in [0.717, 1.165) is 38.5 Å². The van der Waals surface area contributed by atoms with Crippen LogP contribution in [0, 0.1) is 52.3 Å². The Morgan fingerprint density at radius 3 is 1.73 bits per heavy atom. The van der Waals surface area contributed by atoms with Gasteiger partial charge in [-0.25, -0.2) is 0 Å². The lowest BCUT2D eigenvalue weighted by Crippen LogP contribution is -2.68. The molecule has 10 fully saturated rings. The first-order valence-electron chi connectivity index (χ1n) is 30.3. The predicted octanol–water partition coefficient (Wildman–Crippen LogP) is -5.49. The van der Waals surface area contributed by atoms with Crippen molar-refractivity contribution in [3.63, 3.8) is 0 Å². The van der Waals surface area contributed by atoms with Gasteiger partial charge < -0.3 is 139 Å². The van der Waals surface area contributed by atoms with Gasteiger partial charge in [0.05, 0.1) is 51.8 Å². The monoisotopic (exact) mass is 1210 g/mol. The quantitative estimate of drug-likeness (QED) is 0.0569. The molecule has 4 aliphatic carbocycles. The molecule has 6 heterocycles. The lowest BCUT2D eigenvalue weighted by atomic mass is 9.44. The highest BCUT2D eigenvalue weighted by molar-refractivity contribution is 5.15. The van der Waals surface area contributed by atoms with Crippen molar-refractivity contribution < 1.29 is 139 Å². The van der Waals surface area contributed by atoms with E-state index in [1.165, 1.54) is 0 Å². The van der Waals surface area contributed by atoms with Gasteiger partial charge in [0.1, 0.15) is 116 Å². The van der Waals surface area contributed by atoms with Crippen molar-refractivity contribution >= 4 is 0 Å². The first kappa shape index (κ1) is 65.8. The molecule has 6 aliphatic heterocycles. The molecule has 0 aromatic heterocycles. The fraction of sp³-hybridized carbons (Fsp3) is 1.00. The molecule has 0 amide bonds. The molecule has 84 heavy (non-hydrogen) atoms. The van der Waals surface area contributed by atoms with Crippen molar-refractivity contribution in [2.45, 2.75) is 257 Å². The van der Waals surface area contributed by atoms with Crippen LogP contribution in [0.2, 0.25) is 0 Å². The van der Waals surface area contributed by atoms with Gasteiger partial charge in [-0.1, -0.05) is 27.7 Å². The molecular formula is C56H94O28. The smallest absolute Gasteiger partial charge is 0.187 e. The summed E-state index contributed by atoms with van der Waals surface area (Å²) in [4.78, 5) is 0. The molecule has 0 bridgehead atoms. The summed E-state index contributed by atoms with van der Waals surface area (Å²) in [5.41, 5.74) is -0.0852. The van der Waals surface area contributed by atoms with E-state index in [0.29, 0.717) is 43.4 Å². The second kappa shape index (κ2) is 26.2. The summed E-state index contributed by atoms with van der Waals surface area (Å²) in [6, 6.07) is 0. The summed E-state index contributed by atoms with van der Waals surface area (Å²) in [5.74, 6) is 0.0903. The molecule has 17 N–H and O–H groups in total. The Hall–Kier alpha value is -1.12. The SMILES string of the molecule is CC(CCC1(O)OC2CC3C4CCC5CC(OC6OC(CO)C(OC7OC(CO)C(O)C(OC8OCC(O)C(O)C8O)C7OC7OC(CO)C(O)C(O)C7O)C(O)C6O)CCC5(C)C4CCC3(C)C2C1C)COC1OC(CO)C(O)C(O)C1O. The van der Waals surface area contributed by atoms with Crippen LogP contribution in [-0.4, -0.2) is 292 Å². The number of hydrogen-bond acceptors (Lipinski definition) is 28. The van der Waals surface area contributed by atoms with Gasteiger partial charge >= 0.3 is 0 Å². The number of rotatable bonds is 18. The van der Waals surface area contributed by atoms with E-state index in [-0.39, 0.29) is 47.2 Å². The molecule has 0 radical (unpaired) electrons. The van der Waals surface area contributed by atoms with Crippen LogP contribution in [0.1, 0.15) is 91.9 Å². The van der Waals surface area contributed by atoms with Crippen molar-refractivity contribution in [1.29, 1.82) is 0 Å². The van der Waals surface area contributed by atoms with E-state index in [4.69, 9.17) is 52.1 Å². The summed E-state index contributed by atoms with van der Waals surface area (Å²) in [7, 11) is 0. The number of ether oxygens (including phenoxy) is 11. The summed E-state index contributed by atoms with van der Waals surface area (Å²) >= 11 is 0. The van der Waals surface area contributed by atoms with Crippen LogP contribution in [0.25, 0.3) is 0 Å². The Morgan fingerprint density at radius 2 is 1.06 bits per heavy atom. The fourth-order valence-electron chi connectivity index (χ4n) is 16.8. The molecule has 36 atom stereocenters. The van der Waals surface area contributed by atoms with Gasteiger partial charge in [-0.05, 0) is 104 Å². The first-order valence-corrected chi connectivity index (χ1v) is 30.3. The Balaban J connectivity index is 0.759. The van der Waals surface area contributed by atoms with Gasteiger partial charge in [0, 0.05) is 12.3 Å². The zero-order chi connectivity index (χ0) is 60.6. The molecule has 10 aliphatic rings. The van der Waals surface area contributed by atoms with Gasteiger partial charge in [-0.3, -0.25) is 0 Å². The van der Waals surface area contributed by atoms with Crippen LogP contribution in [-0.2, 0) is 52.1 Å². The molecule has 0 spiro atoms. The third-order valence-corrected chi connectivity index (χ3v) is 21.8. The maximum atomic E-state index is 12.1. The minimum Gasteiger partial charge on any atom is -0.394 e. The molecule has 486 valence electrons. The largest absolute Gasteiger partial charge is 0.394 e. The molecule has 6 saturated heterocycles. The van der Waals surface area contributed by atoms with Gasteiger partial charge in [0.15, 0.2) is 37.2 Å². The minimum atomic E-state index is -2.02. The topological polar surface area (TPSA) is 445 Å². The minimum absolute atomic E-state index is 0.0288. The highest BCUT2D eigenvalue weighted by Crippen LogP contribution is 2.71. The third-order valence-electron chi connectivity index (χ3n) is 21.8. The lowest BCUT2D eigenvalue weighted by molar-refractivity contribution is -0.404. The van der Waals surface area contributed by atoms with Gasteiger partial charge in [0.2, 0.25) is 0 Å². The molecule has 4 saturated carbocycles. The van der Waals surface area contributed by atoms with Crippen LogP contribution >= 0.6 is 0 Å². The summed E-state index contributed by atoms with van der Waals surface area (Å²) in [5, 5.41) is 182. The van der Waals surface area contributed by atoms with Crippen LogP contribution < -0.4 is 0 Å². The number of fused-ring (bicyclic) bond motifs is 7. The van der Waals surface area contributed by atoms with Crippen molar-refractivity contribution in [1.82, 2.24) is 0 Å². The number of aliphatic hydroxyl groups is 17. The number of aliphatic hydroxyl groups excluding tert-OH is 16. The molecule has 28 nitrogen and oxygen atoms in total. The van der Waals surface area contributed by atoms with Crippen LogP contribution in [0.15, 0.2) is 0 Å². The van der Waals surface area contributed by atoms with Crippen LogP contribution in [0.4, 0.5) is 0 Å². The first-order chi connectivity index (χ1) is 39.8. The number of hydrogen-bond donors (Lipinski definition) is 17. The van der Waals surface area contributed by atoms with Crippen LogP contribution in [0.3, 0.4) is 0 Å². The van der Waals surface area contributed by atoms with E-state index in [1.807, 2.05) is 6.92 Å². The second-order valence-corrected chi connectivity index (χ2v) is 26.6. The Morgan fingerprint density at radius 1 is 0.512 bits per heavy atom. The van der Waals surface area contributed by atoms with Crippen molar-refractivity contribution in [3.05, 3.63) is 0 Å². The average molecular weight is 1220 g/mol. The normalized spacial score (nSPS) is 55.4. The predicted molar refractivity (Wildman–Crippen MR) is 278 cm³/mol. The molecule has 10 rings (SSSR count). The Bertz CT molecular complexity index is 2140. The molecule has 0 aromatic rings. The molecular weight excluding hydrogens is 1120 g/mol. The third kappa shape index (κ3) is 12.1. The Kier molecular flexibility index (Phi) is 20.6. The average Bonchev–Trinajstić information content (AvgIpc) is 2.08. The maximum Gasteiger partial charge on any atom is 0.187 e.